The van der Waals surface area contributed by atoms with E-state index >= 15 is 0 Å². The fourth-order valence-electron chi connectivity index (χ4n) is 2.18. The van der Waals surface area contributed by atoms with Crippen molar-refractivity contribution < 1.29 is 31.4 Å². The van der Waals surface area contributed by atoms with Gasteiger partial charge in [0, 0.05) is 6.54 Å². The predicted octanol–water partition coefficient (Wildman–Crippen LogP) is 2.47. The van der Waals surface area contributed by atoms with Crippen molar-refractivity contribution in [1.29, 1.82) is 0 Å². The molecule has 0 amide bonds. The maximum atomic E-state index is 13.7. The molecule has 0 aromatic heterocycles. The van der Waals surface area contributed by atoms with Crippen LogP contribution in [-0.4, -0.2) is 29.7 Å². The van der Waals surface area contributed by atoms with E-state index in [1.165, 1.54) is 21.3 Å². The van der Waals surface area contributed by atoms with Gasteiger partial charge in [-0.2, -0.15) is 0 Å². The molecule has 0 heterocycles. The van der Waals surface area contributed by atoms with E-state index in [0.29, 0.717) is 28.9 Å². The lowest BCUT2D eigenvalue weighted by Gasteiger charge is -2.14. The Morgan fingerprint density at radius 3 is 2.08 bits per heavy atom. The Kier molecular flexibility index (Phi) is 5.81. The zero-order valence-electron chi connectivity index (χ0n) is 13.8. The Bertz CT molecular complexity index is 846. The topological polar surface area (TPSA) is 73.9 Å². The number of rotatable bonds is 7. The molecular weight excluding hydrogens is 356 g/mol. The summed E-state index contributed by atoms with van der Waals surface area (Å²) in [6.07, 6.45) is 0. The van der Waals surface area contributed by atoms with Crippen molar-refractivity contribution in [3.63, 3.8) is 0 Å². The Hall–Kier alpha value is -2.39. The molecule has 0 aliphatic rings. The summed E-state index contributed by atoms with van der Waals surface area (Å²) < 4.78 is 69.1. The maximum Gasteiger partial charge on any atom is 0.243 e. The Labute approximate surface area is 144 Å². The monoisotopic (exact) mass is 373 g/mol. The van der Waals surface area contributed by atoms with E-state index in [9.17, 15) is 17.2 Å². The van der Waals surface area contributed by atoms with E-state index in [1.807, 2.05) is 0 Å². The number of benzene rings is 2. The predicted molar refractivity (Wildman–Crippen MR) is 86.5 cm³/mol. The number of ether oxygens (including phenoxy) is 3. The summed E-state index contributed by atoms with van der Waals surface area (Å²) in [5, 5.41) is 0. The molecule has 6 nitrogen and oxygen atoms in total. The molecule has 0 saturated heterocycles. The molecule has 0 radical (unpaired) electrons. The maximum absolute atomic E-state index is 13.7. The minimum Gasteiger partial charge on any atom is -0.493 e. The standard InChI is InChI=1S/C16H17F2NO5S/c1-22-13-6-10(7-14(23-2)16(13)24-3)9-19-25(20,21)15-8-11(17)4-5-12(15)18/h4-8,19H,9H2,1-3H3. The third-order valence-corrected chi connectivity index (χ3v) is 4.79. The van der Waals surface area contributed by atoms with E-state index in [2.05, 4.69) is 4.72 Å². The molecule has 2 rings (SSSR count). The lowest BCUT2D eigenvalue weighted by atomic mass is 10.2. The van der Waals surface area contributed by atoms with Crippen LogP contribution in [-0.2, 0) is 16.6 Å². The molecule has 0 unspecified atom stereocenters. The third kappa shape index (κ3) is 4.18. The molecule has 0 fully saturated rings. The summed E-state index contributed by atoms with van der Waals surface area (Å²) in [5.74, 6) is -0.859. The van der Waals surface area contributed by atoms with Crippen molar-refractivity contribution in [3.8, 4) is 17.2 Å². The minimum atomic E-state index is -4.24. The fraction of sp³-hybridized carbons (Fsp3) is 0.250. The second-order valence-electron chi connectivity index (χ2n) is 4.93. The Morgan fingerprint density at radius 2 is 1.56 bits per heavy atom. The number of methoxy groups -OCH3 is 3. The molecule has 2 aromatic rings. The van der Waals surface area contributed by atoms with Gasteiger partial charge in [0.15, 0.2) is 11.5 Å². The molecule has 1 N–H and O–H groups in total. The van der Waals surface area contributed by atoms with Crippen molar-refractivity contribution in [3.05, 3.63) is 47.5 Å². The highest BCUT2D eigenvalue weighted by atomic mass is 32.2. The van der Waals surface area contributed by atoms with Crippen LogP contribution < -0.4 is 18.9 Å². The molecule has 0 saturated carbocycles. The summed E-state index contributed by atoms with van der Waals surface area (Å²) in [7, 11) is 0.0436. The second-order valence-corrected chi connectivity index (χ2v) is 6.67. The van der Waals surface area contributed by atoms with Crippen LogP contribution in [0.25, 0.3) is 0 Å². The summed E-state index contributed by atoms with van der Waals surface area (Å²) in [6, 6.07) is 5.31. The fourth-order valence-corrected chi connectivity index (χ4v) is 3.28. The van der Waals surface area contributed by atoms with Crippen molar-refractivity contribution in [2.45, 2.75) is 11.4 Å². The summed E-state index contributed by atoms with van der Waals surface area (Å²) in [4.78, 5) is -0.764. The molecular formula is C16H17F2NO5S. The van der Waals surface area contributed by atoms with Gasteiger partial charge in [-0.05, 0) is 35.9 Å². The van der Waals surface area contributed by atoms with Crippen LogP contribution in [0.2, 0.25) is 0 Å². The highest BCUT2D eigenvalue weighted by Gasteiger charge is 2.20. The first kappa shape index (κ1) is 18.9. The molecule has 0 bridgehead atoms. The molecule has 2 aromatic carbocycles. The molecule has 9 heteroatoms. The average Bonchev–Trinajstić information content (AvgIpc) is 2.60. The number of halogens is 2. The molecule has 25 heavy (non-hydrogen) atoms. The van der Waals surface area contributed by atoms with Crippen LogP contribution in [0.4, 0.5) is 8.78 Å². The van der Waals surface area contributed by atoms with Gasteiger partial charge in [-0.3, -0.25) is 0 Å². The average molecular weight is 373 g/mol. The Balaban J connectivity index is 2.30. The highest BCUT2D eigenvalue weighted by Crippen LogP contribution is 2.38. The second kappa shape index (κ2) is 7.66. The van der Waals surface area contributed by atoms with Crippen LogP contribution in [0.1, 0.15) is 5.56 Å². The molecule has 0 aliphatic heterocycles. The van der Waals surface area contributed by atoms with Gasteiger partial charge in [0.05, 0.1) is 21.3 Å². The summed E-state index contributed by atoms with van der Waals surface area (Å²) in [6.45, 7) is -0.186. The largest absolute Gasteiger partial charge is 0.493 e. The first-order valence-corrected chi connectivity index (χ1v) is 8.54. The van der Waals surface area contributed by atoms with Crippen molar-refractivity contribution in [2.75, 3.05) is 21.3 Å². The molecule has 136 valence electrons. The van der Waals surface area contributed by atoms with Gasteiger partial charge in [-0.15, -0.1) is 0 Å². The van der Waals surface area contributed by atoms with Gasteiger partial charge in [-0.25, -0.2) is 21.9 Å². The summed E-state index contributed by atoms with van der Waals surface area (Å²) in [5.41, 5.74) is 0.481. The van der Waals surface area contributed by atoms with Gasteiger partial charge in [0.1, 0.15) is 16.5 Å². The number of nitrogens with one attached hydrogen (secondary N) is 1. The van der Waals surface area contributed by atoms with Gasteiger partial charge in [0.25, 0.3) is 0 Å². The first-order chi connectivity index (χ1) is 11.8. The van der Waals surface area contributed by atoms with Crippen molar-refractivity contribution in [1.82, 2.24) is 4.72 Å². The van der Waals surface area contributed by atoms with Gasteiger partial charge >= 0.3 is 0 Å². The lowest BCUT2D eigenvalue weighted by molar-refractivity contribution is 0.323. The number of sulfonamides is 1. The van der Waals surface area contributed by atoms with Crippen LogP contribution >= 0.6 is 0 Å². The zero-order chi connectivity index (χ0) is 18.6. The van der Waals surface area contributed by atoms with Crippen LogP contribution in [0, 0.1) is 11.6 Å². The SMILES string of the molecule is COc1cc(CNS(=O)(=O)c2cc(F)ccc2F)cc(OC)c1OC. The third-order valence-electron chi connectivity index (χ3n) is 3.37. The Morgan fingerprint density at radius 1 is 0.960 bits per heavy atom. The van der Waals surface area contributed by atoms with E-state index in [1.54, 1.807) is 12.1 Å². The van der Waals surface area contributed by atoms with Crippen LogP contribution in [0.15, 0.2) is 35.2 Å². The molecule has 0 spiro atoms. The van der Waals surface area contributed by atoms with Crippen molar-refractivity contribution in [2.24, 2.45) is 0 Å². The van der Waals surface area contributed by atoms with Gasteiger partial charge in [-0.1, -0.05) is 0 Å². The van der Waals surface area contributed by atoms with E-state index in [4.69, 9.17) is 14.2 Å². The van der Waals surface area contributed by atoms with E-state index < -0.39 is 26.6 Å². The first-order valence-electron chi connectivity index (χ1n) is 7.06. The quantitative estimate of drug-likeness (QED) is 0.807. The molecule has 0 atom stereocenters. The normalized spacial score (nSPS) is 11.2. The van der Waals surface area contributed by atoms with Crippen LogP contribution in [0.5, 0.6) is 17.2 Å². The summed E-state index contributed by atoms with van der Waals surface area (Å²) >= 11 is 0. The highest BCUT2D eigenvalue weighted by molar-refractivity contribution is 7.89. The van der Waals surface area contributed by atoms with Gasteiger partial charge in [0.2, 0.25) is 15.8 Å². The smallest absolute Gasteiger partial charge is 0.243 e. The number of hydrogen-bond acceptors (Lipinski definition) is 5. The minimum absolute atomic E-state index is 0.186. The van der Waals surface area contributed by atoms with Gasteiger partial charge < -0.3 is 14.2 Å². The van der Waals surface area contributed by atoms with E-state index in [-0.39, 0.29) is 6.54 Å². The molecule has 0 aliphatic carbocycles. The number of hydrogen-bond donors (Lipinski definition) is 1. The van der Waals surface area contributed by atoms with Crippen LogP contribution in [0.3, 0.4) is 0 Å². The van der Waals surface area contributed by atoms with E-state index in [0.717, 1.165) is 12.1 Å². The van der Waals surface area contributed by atoms with Crippen molar-refractivity contribution >= 4 is 10.0 Å². The lowest BCUT2D eigenvalue weighted by Crippen LogP contribution is -2.24. The zero-order valence-corrected chi connectivity index (χ0v) is 14.6.